The summed E-state index contributed by atoms with van der Waals surface area (Å²) in [5.41, 5.74) is 6.45. The van der Waals surface area contributed by atoms with E-state index in [9.17, 15) is 4.39 Å². The number of thiocarbonyl (C=S) groups is 1. The number of aryl methyl sites for hydroxylation is 2. The van der Waals surface area contributed by atoms with Gasteiger partial charge in [-0.1, -0.05) is 35.9 Å². The van der Waals surface area contributed by atoms with Crippen LogP contribution in [-0.2, 0) is 0 Å². The third-order valence-corrected chi connectivity index (χ3v) is 7.67. The molecule has 6 rings (SSSR count). The number of para-hydroxylation sites is 1. The molecule has 0 amide bonds. The van der Waals surface area contributed by atoms with E-state index in [1.807, 2.05) is 98.1 Å². The van der Waals surface area contributed by atoms with Gasteiger partial charge in [-0.3, -0.25) is 4.98 Å². The van der Waals surface area contributed by atoms with Crippen molar-refractivity contribution < 1.29 is 9.13 Å². The molecule has 5 nitrogen and oxygen atoms in total. The monoisotopic (exact) mass is 548 g/mol. The molecule has 40 heavy (non-hydrogen) atoms. The van der Waals surface area contributed by atoms with Crippen LogP contribution in [0.5, 0.6) is 11.5 Å². The summed E-state index contributed by atoms with van der Waals surface area (Å²) in [7, 11) is 0. The number of rotatable bonds is 6. The highest BCUT2D eigenvalue weighted by molar-refractivity contribution is 7.80. The molecule has 1 saturated heterocycles. The number of nitrogens with zero attached hydrogens (tertiary/aromatic N) is 3. The second-order valence-corrected chi connectivity index (χ2v) is 10.4. The Morgan fingerprint density at radius 2 is 1.52 bits per heavy atom. The van der Waals surface area contributed by atoms with Crippen molar-refractivity contribution in [3.8, 4) is 17.2 Å². The fraction of sp³-hybridized carbons (Fsp3) is 0.152. The van der Waals surface area contributed by atoms with Gasteiger partial charge in [-0.15, -0.1) is 0 Å². The van der Waals surface area contributed by atoms with Gasteiger partial charge in [0.2, 0.25) is 0 Å². The zero-order valence-corrected chi connectivity index (χ0v) is 23.3. The first-order valence-corrected chi connectivity index (χ1v) is 13.6. The number of anilines is 1. The second kappa shape index (κ2) is 10.6. The average molecular weight is 549 g/mol. The van der Waals surface area contributed by atoms with E-state index in [1.165, 1.54) is 11.6 Å². The lowest BCUT2D eigenvalue weighted by atomic mass is 9.96. The molecule has 5 aromatic rings. The van der Waals surface area contributed by atoms with Crippen LogP contribution in [0.1, 0.15) is 40.3 Å². The minimum atomic E-state index is -0.266. The third kappa shape index (κ3) is 4.73. The third-order valence-electron chi connectivity index (χ3n) is 7.35. The summed E-state index contributed by atoms with van der Waals surface area (Å²) < 4.78 is 22.9. The molecule has 3 aromatic carbocycles. The molecule has 0 aliphatic carbocycles. The molecule has 1 fully saturated rings. The Hall–Kier alpha value is -4.49. The van der Waals surface area contributed by atoms with E-state index in [-0.39, 0.29) is 17.9 Å². The molecule has 7 heteroatoms. The second-order valence-electron chi connectivity index (χ2n) is 10.0. The van der Waals surface area contributed by atoms with Gasteiger partial charge in [0.1, 0.15) is 17.3 Å². The molecule has 0 bridgehead atoms. The molecule has 1 aliphatic heterocycles. The van der Waals surface area contributed by atoms with Crippen molar-refractivity contribution in [2.24, 2.45) is 0 Å². The van der Waals surface area contributed by atoms with Gasteiger partial charge in [0.05, 0.1) is 23.5 Å². The molecule has 1 N–H and O–H groups in total. The van der Waals surface area contributed by atoms with Gasteiger partial charge in [0.25, 0.3) is 0 Å². The lowest BCUT2D eigenvalue weighted by molar-refractivity contribution is 0.482. The molecule has 0 saturated carbocycles. The van der Waals surface area contributed by atoms with Crippen LogP contribution in [0.15, 0.2) is 103 Å². The van der Waals surface area contributed by atoms with E-state index in [0.29, 0.717) is 10.8 Å². The van der Waals surface area contributed by atoms with Crippen LogP contribution >= 0.6 is 12.2 Å². The lowest BCUT2D eigenvalue weighted by Gasteiger charge is -2.28. The summed E-state index contributed by atoms with van der Waals surface area (Å²) >= 11 is 5.91. The minimum absolute atomic E-state index is 0.202. The van der Waals surface area contributed by atoms with Crippen molar-refractivity contribution in [2.45, 2.75) is 32.9 Å². The first-order valence-electron chi connectivity index (χ1n) is 13.2. The topological polar surface area (TPSA) is 42.3 Å². The molecule has 2 atom stereocenters. The van der Waals surface area contributed by atoms with Gasteiger partial charge >= 0.3 is 0 Å². The van der Waals surface area contributed by atoms with E-state index in [0.717, 1.165) is 39.8 Å². The van der Waals surface area contributed by atoms with Crippen LogP contribution < -0.4 is 15.0 Å². The summed E-state index contributed by atoms with van der Waals surface area (Å²) in [5.74, 6) is 1.25. The highest BCUT2D eigenvalue weighted by atomic mass is 32.1. The maximum absolute atomic E-state index is 14.9. The predicted octanol–water partition coefficient (Wildman–Crippen LogP) is 7.91. The van der Waals surface area contributed by atoms with Gasteiger partial charge in [0, 0.05) is 23.3 Å². The van der Waals surface area contributed by atoms with Crippen LogP contribution in [-0.4, -0.2) is 14.7 Å². The number of pyridine rings is 1. The van der Waals surface area contributed by atoms with Gasteiger partial charge < -0.3 is 19.5 Å². The highest BCUT2D eigenvalue weighted by Gasteiger charge is 2.42. The highest BCUT2D eigenvalue weighted by Crippen LogP contribution is 2.44. The fourth-order valence-electron chi connectivity index (χ4n) is 5.46. The number of nitrogens with one attached hydrogen (secondary N) is 1. The van der Waals surface area contributed by atoms with Crippen molar-refractivity contribution in [3.63, 3.8) is 0 Å². The van der Waals surface area contributed by atoms with Crippen LogP contribution in [0.4, 0.5) is 10.1 Å². The number of hydrogen-bond acceptors (Lipinski definition) is 3. The molecule has 1 aliphatic rings. The van der Waals surface area contributed by atoms with E-state index in [4.69, 9.17) is 17.0 Å². The van der Waals surface area contributed by atoms with E-state index in [2.05, 4.69) is 21.3 Å². The first kappa shape index (κ1) is 25.8. The van der Waals surface area contributed by atoms with Crippen LogP contribution in [0, 0.1) is 26.6 Å². The normalized spacial score (nSPS) is 16.7. The van der Waals surface area contributed by atoms with Gasteiger partial charge in [-0.05, 0) is 105 Å². The Labute approximate surface area is 238 Å². The lowest BCUT2D eigenvalue weighted by Crippen LogP contribution is -2.29. The van der Waals surface area contributed by atoms with Crippen molar-refractivity contribution in [1.82, 2.24) is 14.9 Å². The van der Waals surface area contributed by atoms with Gasteiger partial charge in [-0.2, -0.15) is 0 Å². The molecule has 0 unspecified atom stereocenters. The van der Waals surface area contributed by atoms with Crippen molar-refractivity contribution in [2.75, 3.05) is 4.90 Å². The minimum Gasteiger partial charge on any atom is -0.457 e. The Bertz CT molecular complexity index is 1670. The zero-order chi connectivity index (χ0) is 27.8. The summed E-state index contributed by atoms with van der Waals surface area (Å²) in [6.07, 6.45) is 1.79. The van der Waals surface area contributed by atoms with E-state index in [1.54, 1.807) is 18.3 Å². The number of benzene rings is 3. The molecular formula is C33H29FN4OS. The predicted molar refractivity (Wildman–Crippen MR) is 161 cm³/mol. The molecule has 3 heterocycles. The largest absolute Gasteiger partial charge is 0.457 e. The van der Waals surface area contributed by atoms with Gasteiger partial charge in [-0.25, -0.2) is 4.39 Å². The number of hydrogen-bond donors (Lipinski definition) is 1. The summed E-state index contributed by atoms with van der Waals surface area (Å²) in [4.78, 5) is 6.78. The molecular weight excluding hydrogens is 519 g/mol. The maximum atomic E-state index is 14.9. The van der Waals surface area contributed by atoms with Crippen LogP contribution in [0.3, 0.4) is 0 Å². The van der Waals surface area contributed by atoms with Crippen molar-refractivity contribution in [3.05, 3.63) is 137 Å². The van der Waals surface area contributed by atoms with E-state index < -0.39 is 0 Å². The molecule has 200 valence electrons. The Kier molecular flexibility index (Phi) is 6.82. The fourth-order valence-corrected chi connectivity index (χ4v) is 5.80. The van der Waals surface area contributed by atoms with Crippen LogP contribution in [0.25, 0.3) is 5.69 Å². The molecule has 2 aromatic heterocycles. The smallest absolute Gasteiger partial charge is 0.174 e. The van der Waals surface area contributed by atoms with Crippen molar-refractivity contribution in [1.29, 1.82) is 0 Å². The van der Waals surface area contributed by atoms with Gasteiger partial charge in [0.15, 0.2) is 5.11 Å². The maximum Gasteiger partial charge on any atom is 0.174 e. The SMILES string of the molecule is Cc1ccc(Oc2ccc(N3C(=S)N[C@H](c4ccccn4)[C@@H]3c3cc(C)n(-c4ccccc4F)c3C)cc2)cc1. The number of aromatic nitrogens is 2. The zero-order valence-electron chi connectivity index (χ0n) is 22.5. The quantitative estimate of drug-likeness (QED) is 0.219. The molecule has 0 spiro atoms. The summed E-state index contributed by atoms with van der Waals surface area (Å²) in [6.45, 7) is 6.08. The Morgan fingerprint density at radius 3 is 2.20 bits per heavy atom. The summed E-state index contributed by atoms with van der Waals surface area (Å²) in [6, 6.07) is 30.4. The average Bonchev–Trinajstić information content (AvgIpc) is 3.46. The summed E-state index contributed by atoms with van der Waals surface area (Å²) in [5, 5.41) is 4.11. The Balaban J connectivity index is 1.41. The van der Waals surface area contributed by atoms with Crippen LogP contribution in [0.2, 0.25) is 0 Å². The van der Waals surface area contributed by atoms with E-state index >= 15 is 0 Å². The first-order chi connectivity index (χ1) is 19.4. The van der Waals surface area contributed by atoms with Crippen molar-refractivity contribution >= 4 is 23.0 Å². The standard InChI is InChI=1S/C33H29FN4OS/c1-21-11-15-25(16-12-21)39-26-17-13-24(14-18-26)38-32(31(36-33(38)40)29-9-6-7-19-35-29)27-20-22(2)37(23(27)3)30-10-5-4-8-28(30)34/h4-20,31-32H,1-3H3,(H,36,40)/t31-,32+/m1/s1. The number of halogens is 1. The number of ether oxygens (including phenoxy) is 1. The Morgan fingerprint density at radius 1 is 0.850 bits per heavy atom. The molecule has 0 radical (unpaired) electrons.